The number of hydrogen-bond donors (Lipinski definition) is 2. The average molecular weight is 360 g/mol. The van der Waals surface area contributed by atoms with Crippen molar-refractivity contribution in [2.75, 3.05) is 24.5 Å². The molecule has 5 heteroatoms. The van der Waals surface area contributed by atoms with E-state index in [1.807, 2.05) is 38.1 Å². The molecule has 2 rings (SSSR count). The third-order valence-corrected chi connectivity index (χ3v) is 5.16. The predicted octanol–water partition coefficient (Wildman–Crippen LogP) is 3.20. The van der Waals surface area contributed by atoms with Gasteiger partial charge in [-0.15, -0.1) is 0 Å². The Morgan fingerprint density at radius 1 is 1.15 bits per heavy atom. The second-order valence-electron chi connectivity index (χ2n) is 7.67. The fraction of sp³-hybridized carbons (Fsp3) is 0.619. The van der Waals surface area contributed by atoms with E-state index in [1.54, 1.807) is 0 Å². The third-order valence-electron chi connectivity index (χ3n) is 5.16. The highest BCUT2D eigenvalue weighted by atomic mass is 16.2. The van der Waals surface area contributed by atoms with Crippen LogP contribution >= 0.6 is 0 Å². The van der Waals surface area contributed by atoms with Gasteiger partial charge < -0.3 is 15.5 Å². The summed E-state index contributed by atoms with van der Waals surface area (Å²) in [6, 6.07) is 8.04. The van der Waals surface area contributed by atoms with E-state index in [1.165, 1.54) is 0 Å². The van der Waals surface area contributed by atoms with E-state index >= 15 is 0 Å². The number of carbonyl (C=O) groups excluding carboxylic acids is 2. The van der Waals surface area contributed by atoms with Gasteiger partial charge in [0.15, 0.2) is 0 Å². The summed E-state index contributed by atoms with van der Waals surface area (Å²) in [5.41, 5.74) is 1.73. The third kappa shape index (κ3) is 5.48. The van der Waals surface area contributed by atoms with E-state index in [0.29, 0.717) is 12.5 Å². The molecule has 1 fully saturated rings. The first-order valence-electron chi connectivity index (χ1n) is 9.84. The molecule has 0 aliphatic carbocycles. The highest BCUT2D eigenvalue weighted by Gasteiger charge is 2.24. The molecule has 26 heavy (non-hydrogen) atoms. The maximum absolute atomic E-state index is 12.6. The maximum atomic E-state index is 12.6. The summed E-state index contributed by atoms with van der Waals surface area (Å²) in [6.07, 6.45) is 2.86. The molecule has 1 aromatic carbocycles. The Labute approximate surface area is 157 Å². The van der Waals surface area contributed by atoms with Crippen molar-refractivity contribution in [2.24, 2.45) is 11.8 Å². The van der Waals surface area contributed by atoms with E-state index in [0.717, 1.165) is 43.6 Å². The van der Waals surface area contributed by atoms with Gasteiger partial charge in [0.1, 0.15) is 0 Å². The van der Waals surface area contributed by atoms with Crippen LogP contribution in [0.25, 0.3) is 0 Å². The van der Waals surface area contributed by atoms with E-state index < -0.39 is 0 Å². The molecule has 1 aliphatic heterocycles. The summed E-state index contributed by atoms with van der Waals surface area (Å²) in [5, 5.41) is 6.18. The lowest BCUT2D eigenvalue weighted by molar-refractivity contribution is -0.124. The fourth-order valence-electron chi connectivity index (χ4n) is 3.08. The van der Waals surface area contributed by atoms with Crippen molar-refractivity contribution in [1.29, 1.82) is 0 Å². The van der Waals surface area contributed by atoms with Gasteiger partial charge in [-0.05, 0) is 30.9 Å². The average Bonchev–Trinajstić information content (AvgIpc) is 2.66. The number of para-hydroxylation sites is 1. The number of carbonyl (C=O) groups is 2. The summed E-state index contributed by atoms with van der Waals surface area (Å²) < 4.78 is 0. The summed E-state index contributed by atoms with van der Waals surface area (Å²) in [6.45, 7) is 10.5. The van der Waals surface area contributed by atoms with E-state index in [2.05, 4.69) is 29.4 Å². The molecule has 1 aliphatic rings. The molecule has 2 N–H and O–H groups in total. The lowest BCUT2D eigenvalue weighted by Gasteiger charge is -2.35. The molecule has 0 unspecified atom stereocenters. The summed E-state index contributed by atoms with van der Waals surface area (Å²) in [7, 11) is 0. The molecule has 1 atom stereocenters. The van der Waals surface area contributed by atoms with Crippen LogP contribution in [0.4, 0.5) is 5.69 Å². The largest absolute Gasteiger partial charge is 0.371 e. The van der Waals surface area contributed by atoms with E-state index in [4.69, 9.17) is 0 Å². The second-order valence-corrected chi connectivity index (χ2v) is 7.67. The summed E-state index contributed by atoms with van der Waals surface area (Å²) in [5.74, 6) is 0.610. The Hall–Kier alpha value is -2.04. The molecule has 0 aromatic heterocycles. The first kappa shape index (κ1) is 20.3. The van der Waals surface area contributed by atoms with Crippen molar-refractivity contribution >= 4 is 17.5 Å². The first-order chi connectivity index (χ1) is 12.4. The van der Waals surface area contributed by atoms with Crippen LogP contribution in [-0.4, -0.2) is 37.5 Å². The number of piperidine rings is 1. The summed E-state index contributed by atoms with van der Waals surface area (Å²) >= 11 is 0. The van der Waals surface area contributed by atoms with Crippen LogP contribution in [0.1, 0.15) is 57.3 Å². The van der Waals surface area contributed by atoms with Crippen molar-refractivity contribution in [3.63, 3.8) is 0 Å². The normalized spacial score (nSPS) is 16.4. The van der Waals surface area contributed by atoms with Crippen LogP contribution in [0.3, 0.4) is 0 Å². The van der Waals surface area contributed by atoms with Crippen LogP contribution in [-0.2, 0) is 4.79 Å². The lowest BCUT2D eigenvalue weighted by Crippen LogP contribution is -2.46. The maximum Gasteiger partial charge on any atom is 0.253 e. The predicted molar refractivity (Wildman–Crippen MR) is 106 cm³/mol. The topological polar surface area (TPSA) is 61.4 Å². The zero-order chi connectivity index (χ0) is 19.1. The first-order valence-corrected chi connectivity index (χ1v) is 9.84. The van der Waals surface area contributed by atoms with Gasteiger partial charge in [-0.3, -0.25) is 9.59 Å². The lowest BCUT2D eigenvalue weighted by atomic mass is 10.0. The number of amides is 2. The minimum absolute atomic E-state index is 0.00358. The van der Waals surface area contributed by atoms with Crippen LogP contribution in [0.2, 0.25) is 0 Å². The van der Waals surface area contributed by atoms with Gasteiger partial charge in [0.25, 0.3) is 5.91 Å². The monoisotopic (exact) mass is 359 g/mol. The quantitative estimate of drug-likeness (QED) is 0.786. The highest BCUT2D eigenvalue weighted by Crippen LogP contribution is 2.24. The van der Waals surface area contributed by atoms with E-state index in [9.17, 15) is 9.59 Å². The number of nitrogens with zero attached hydrogens (tertiary/aromatic N) is 1. The molecule has 144 valence electrons. The van der Waals surface area contributed by atoms with Gasteiger partial charge in [0, 0.05) is 37.3 Å². The van der Waals surface area contributed by atoms with Crippen LogP contribution in [0.5, 0.6) is 0 Å². The smallest absolute Gasteiger partial charge is 0.253 e. The van der Waals surface area contributed by atoms with Gasteiger partial charge in [0.05, 0.1) is 5.56 Å². The highest BCUT2D eigenvalue weighted by molar-refractivity contribution is 5.99. The van der Waals surface area contributed by atoms with Crippen LogP contribution < -0.4 is 15.5 Å². The minimum atomic E-state index is -0.00358. The van der Waals surface area contributed by atoms with Crippen molar-refractivity contribution < 1.29 is 9.59 Å². The zero-order valence-corrected chi connectivity index (χ0v) is 16.5. The standard InChI is InChI=1S/C21H33N3O2/c1-5-16(4)14-22-21(26)18-8-6-7-9-19(18)24-12-10-17(11-13-24)23-20(25)15(2)3/h6-9,15-17H,5,10-14H2,1-4H3,(H,22,26)(H,23,25)/t16-/m1/s1. The number of benzene rings is 1. The van der Waals surface area contributed by atoms with Gasteiger partial charge in [0.2, 0.25) is 5.91 Å². The van der Waals surface area contributed by atoms with E-state index in [-0.39, 0.29) is 23.8 Å². The molecule has 1 heterocycles. The Morgan fingerprint density at radius 3 is 2.42 bits per heavy atom. The molecule has 5 nitrogen and oxygen atoms in total. The summed E-state index contributed by atoms with van der Waals surface area (Å²) in [4.78, 5) is 26.8. The number of nitrogens with one attached hydrogen (secondary N) is 2. The van der Waals surface area contributed by atoms with Gasteiger partial charge in [-0.1, -0.05) is 46.2 Å². The molecular weight excluding hydrogens is 326 g/mol. The molecule has 0 radical (unpaired) electrons. The number of hydrogen-bond acceptors (Lipinski definition) is 3. The van der Waals surface area contributed by atoms with Crippen molar-refractivity contribution in [3.05, 3.63) is 29.8 Å². The van der Waals surface area contributed by atoms with Gasteiger partial charge in [-0.25, -0.2) is 0 Å². The van der Waals surface area contributed by atoms with Crippen molar-refractivity contribution in [1.82, 2.24) is 10.6 Å². The zero-order valence-electron chi connectivity index (χ0n) is 16.5. The Bertz CT molecular complexity index is 607. The Kier molecular flexibility index (Phi) is 7.49. The molecular formula is C21H33N3O2. The second kappa shape index (κ2) is 9.60. The van der Waals surface area contributed by atoms with Crippen molar-refractivity contribution in [3.8, 4) is 0 Å². The molecule has 2 amide bonds. The Balaban J connectivity index is 1.98. The van der Waals surface area contributed by atoms with Gasteiger partial charge in [-0.2, -0.15) is 0 Å². The molecule has 1 saturated heterocycles. The molecule has 1 aromatic rings. The Morgan fingerprint density at radius 2 is 1.81 bits per heavy atom. The van der Waals surface area contributed by atoms with Gasteiger partial charge >= 0.3 is 0 Å². The fourth-order valence-corrected chi connectivity index (χ4v) is 3.08. The molecule has 0 saturated carbocycles. The van der Waals surface area contributed by atoms with Crippen LogP contribution in [0, 0.1) is 11.8 Å². The van der Waals surface area contributed by atoms with Crippen LogP contribution in [0.15, 0.2) is 24.3 Å². The molecule has 0 spiro atoms. The minimum Gasteiger partial charge on any atom is -0.371 e. The molecule has 0 bridgehead atoms. The SMILES string of the molecule is CC[C@@H](C)CNC(=O)c1ccccc1N1CCC(NC(=O)C(C)C)CC1. The number of rotatable bonds is 7. The number of anilines is 1. The van der Waals surface area contributed by atoms with Crippen molar-refractivity contribution in [2.45, 2.75) is 53.0 Å².